The minimum atomic E-state index is -0.531. The molecule has 0 aliphatic heterocycles. The first kappa shape index (κ1) is 19.2. The Kier molecular flexibility index (Phi) is 5.86. The van der Waals surface area contributed by atoms with Crippen LogP contribution in [-0.4, -0.2) is 43.2 Å². The monoisotopic (exact) mass is 359 g/mol. The number of hydrogen-bond donors (Lipinski definition) is 0. The largest absolute Gasteiger partial charge is 0.370 e. The smallest absolute Gasteiger partial charge is 0.210 e. The third-order valence-corrected chi connectivity index (χ3v) is 5.29. The molecule has 0 aromatic carbocycles. The fraction of sp³-hybridized carbons (Fsp3) is 0.714. The van der Waals surface area contributed by atoms with Gasteiger partial charge >= 0.3 is 0 Å². The van der Waals surface area contributed by atoms with E-state index in [0.717, 1.165) is 10.6 Å². The van der Waals surface area contributed by atoms with E-state index in [2.05, 4.69) is 13.8 Å². The lowest BCUT2D eigenvalue weighted by molar-refractivity contribution is 0.450. The molecule has 0 fully saturated rings. The second-order valence-electron chi connectivity index (χ2n) is 6.32. The van der Waals surface area contributed by atoms with E-state index in [-0.39, 0.29) is 6.04 Å². The van der Waals surface area contributed by atoms with Gasteiger partial charge in [0.2, 0.25) is 5.62 Å². The molecule has 22 heavy (non-hydrogen) atoms. The molecule has 0 radical (unpaired) electrons. The van der Waals surface area contributed by atoms with Crippen molar-refractivity contribution in [1.29, 1.82) is 0 Å². The average Bonchev–Trinajstić information content (AvgIpc) is 2.40. The second kappa shape index (κ2) is 6.72. The fourth-order valence-corrected chi connectivity index (χ4v) is 2.88. The SMILES string of the molecule is CC(C)n1c(=S)n(C)c(=S)n(C)c1=NC(C)(C)C(=S)N(C)C. The van der Waals surface area contributed by atoms with Crippen molar-refractivity contribution in [2.24, 2.45) is 19.1 Å². The highest BCUT2D eigenvalue weighted by Crippen LogP contribution is 2.13. The number of thiocarbonyl (C=S) groups is 1. The van der Waals surface area contributed by atoms with Crippen LogP contribution < -0.4 is 5.62 Å². The minimum absolute atomic E-state index is 0.169. The lowest BCUT2D eigenvalue weighted by Crippen LogP contribution is -2.44. The molecule has 0 saturated carbocycles. The highest BCUT2D eigenvalue weighted by molar-refractivity contribution is 7.80. The zero-order valence-electron chi connectivity index (χ0n) is 14.5. The molecule has 0 N–H and O–H groups in total. The van der Waals surface area contributed by atoms with Crippen molar-refractivity contribution < 1.29 is 0 Å². The summed E-state index contributed by atoms with van der Waals surface area (Å²) in [6, 6.07) is 0.169. The lowest BCUT2D eigenvalue weighted by atomic mass is 10.1. The molecule has 0 spiro atoms. The number of hydrogen-bond acceptors (Lipinski definition) is 4. The van der Waals surface area contributed by atoms with Crippen molar-refractivity contribution in [1.82, 2.24) is 18.6 Å². The molecule has 5 nitrogen and oxygen atoms in total. The molecular weight excluding hydrogens is 334 g/mol. The molecule has 0 bridgehead atoms. The molecule has 1 rings (SSSR count). The average molecular weight is 360 g/mol. The number of rotatable bonds is 3. The topological polar surface area (TPSA) is 30.4 Å². The van der Waals surface area contributed by atoms with Crippen LogP contribution in [0.15, 0.2) is 4.99 Å². The Morgan fingerprint density at radius 1 is 1.09 bits per heavy atom. The maximum absolute atomic E-state index is 5.55. The predicted octanol–water partition coefficient (Wildman–Crippen LogP) is 2.77. The summed E-state index contributed by atoms with van der Waals surface area (Å²) in [5.74, 6) is 0. The van der Waals surface area contributed by atoms with Gasteiger partial charge in [0.25, 0.3) is 0 Å². The van der Waals surface area contributed by atoms with Gasteiger partial charge in [0, 0.05) is 34.2 Å². The van der Waals surface area contributed by atoms with Gasteiger partial charge in [-0.15, -0.1) is 0 Å². The molecule has 8 heteroatoms. The van der Waals surface area contributed by atoms with Gasteiger partial charge < -0.3 is 4.90 Å². The van der Waals surface area contributed by atoms with Crippen LogP contribution in [0, 0.1) is 9.54 Å². The Morgan fingerprint density at radius 3 is 2.00 bits per heavy atom. The van der Waals surface area contributed by atoms with E-state index >= 15 is 0 Å². The van der Waals surface area contributed by atoms with Gasteiger partial charge in [-0.2, -0.15) is 0 Å². The highest BCUT2D eigenvalue weighted by atomic mass is 32.1. The first-order valence-electron chi connectivity index (χ1n) is 7.08. The molecule has 0 unspecified atom stereocenters. The third kappa shape index (κ3) is 3.55. The molecule has 124 valence electrons. The molecular formula is C14H25N5S3. The maximum atomic E-state index is 5.55. The van der Waals surface area contributed by atoms with E-state index in [9.17, 15) is 0 Å². The molecule has 0 aliphatic carbocycles. The summed E-state index contributed by atoms with van der Waals surface area (Å²) in [4.78, 5) is 7.56. The van der Waals surface area contributed by atoms with Crippen molar-refractivity contribution in [2.45, 2.75) is 39.3 Å². The van der Waals surface area contributed by atoms with E-state index in [1.165, 1.54) is 0 Å². The summed E-state index contributed by atoms with van der Waals surface area (Å²) < 4.78 is 6.99. The van der Waals surface area contributed by atoms with E-state index in [1.807, 2.05) is 60.6 Å². The van der Waals surface area contributed by atoms with Crippen LogP contribution in [0.4, 0.5) is 0 Å². The van der Waals surface area contributed by atoms with Crippen molar-refractivity contribution in [3.05, 3.63) is 15.2 Å². The number of aromatic nitrogens is 3. The first-order valence-corrected chi connectivity index (χ1v) is 8.30. The Morgan fingerprint density at radius 2 is 1.59 bits per heavy atom. The zero-order valence-corrected chi connectivity index (χ0v) is 17.0. The predicted molar refractivity (Wildman–Crippen MR) is 100 cm³/mol. The van der Waals surface area contributed by atoms with Crippen LogP contribution in [0.1, 0.15) is 33.7 Å². The van der Waals surface area contributed by atoms with Gasteiger partial charge in [0.05, 0.1) is 0 Å². The van der Waals surface area contributed by atoms with Crippen molar-refractivity contribution in [3.63, 3.8) is 0 Å². The molecule has 1 heterocycles. The van der Waals surface area contributed by atoms with E-state index < -0.39 is 5.54 Å². The highest BCUT2D eigenvalue weighted by Gasteiger charge is 2.25. The molecule has 0 atom stereocenters. The van der Waals surface area contributed by atoms with Gasteiger partial charge in [-0.05, 0) is 52.1 Å². The second-order valence-corrected chi connectivity index (χ2v) is 7.43. The van der Waals surface area contributed by atoms with Gasteiger partial charge in [0.1, 0.15) is 10.5 Å². The molecule has 0 amide bonds. The standard InChI is InChI=1S/C14H25N5S3/c1-9(2)19-11(15-14(3,4)10(20)16(5)6)17(7)12(21)18(8)13(19)22/h9H,1-8H3. The Labute approximate surface area is 147 Å². The van der Waals surface area contributed by atoms with E-state index in [1.54, 1.807) is 0 Å². The zero-order chi connectivity index (χ0) is 17.4. The van der Waals surface area contributed by atoms with Crippen LogP contribution in [0.3, 0.4) is 0 Å². The van der Waals surface area contributed by atoms with E-state index in [0.29, 0.717) is 9.54 Å². The Hall–Kier alpha value is -0.860. The molecule has 1 aromatic heterocycles. The Balaban J connectivity index is 3.89. The molecule has 1 aromatic rings. The van der Waals surface area contributed by atoms with Crippen LogP contribution in [-0.2, 0) is 14.1 Å². The summed E-state index contributed by atoms with van der Waals surface area (Å²) in [5, 5.41) is 0. The molecule has 0 aliphatic rings. The van der Waals surface area contributed by atoms with Crippen LogP contribution in [0.2, 0.25) is 0 Å². The minimum Gasteiger partial charge on any atom is -0.370 e. The lowest BCUT2D eigenvalue weighted by Gasteiger charge is -2.27. The summed E-state index contributed by atoms with van der Waals surface area (Å²) >= 11 is 16.5. The first-order chi connectivity index (χ1) is 9.91. The summed E-state index contributed by atoms with van der Waals surface area (Å²) in [5.41, 5.74) is 0.203. The van der Waals surface area contributed by atoms with Crippen LogP contribution in [0.25, 0.3) is 0 Å². The fourth-order valence-electron chi connectivity index (χ4n) is 2.23. The summed E-state index contributed by atoms with van der Waals surface area (Å²) in [6.45, 7) is 8.16. The van der Waals surface area contributed by atoms with Gasteiger partial charge in [-0.25, -0.2) is 4.99 Å². The van der Waals surface area contributed by atoms with Gasteiger partial charge in [-0.3, -0.25) is 13.7 Å². The van der Waals surface area contributed by atoms with Gasteiger partial charge in [0.15, 0.2) is 9.54 Å². The van der Waals surface area contributed by atoms with Crippen molar-refractivity contribution in [3.8, 4) is 0 Å². The van der Waals surface area contributed by atoms with Crippen molar-refractivity contribution >= 4 is 41.6 Å². The van der Waals surface area contributed by atoms with E-state index in [4.69, 9.17) is 41.6 Å². The maximum Gasteiger partial charge on any atom is 0.210 e. The third-order valence-electron chi connectivity index (χ3n) is 3.41. The van der Waals surface area contributed by atoms with Crippen LogP contribution in [0.5, 0.6) is 0 Å². The van der Waals surface area contributed by atoms with Crippen LogP contribution >= 0.6 is 36.7 Å². The quantitative estimate of drug-likeness (QED) is 0.777. The number of likely N-dealkylation sites (N-methyl/N-ethyl adjacent to an activating group) is 1. The summed E-state index contributed by atoms with van der Waals surface area (Å²) in [6.07, 6.45) is 0. The normalized spacial score (nSPS) is 12.9. The van der Waals surface area contributed by atoms with Crippen molar-refractivity contribution in [2.75, 3.05) is 14.1 Å². The Bertz CT molecular complexity index is 762. The molecule has 0 saturated heterocycles. The summed E-state index contributed by atoms with van der Waals surface area (Å²) in [7, 11) is 7.64. The number of nitrogens with zero attached hydrogens (tertiary/aromatic N) is 5. The van der Waals surface area contributed by atoms with Gasteiger partial charge in [-0.1, -0.05) is 12.2 Å².